The predicted octanol–water partition coefficient (Wildman–Crippen LogP) is 3.77. The lowest BCUT2D eigenvalue weighted by Gasteiger charge is -2.16. The van der Waals surface area contributed by atoms with Crippen molar-refractivity contribution in [3.05, 3.63) is 53.1 Å². The summed E-state index contributed by atoms with van der Waals surface area (Å²) in [4.78, 5) is 0.104. The number of nitrogens with one attached hydrogen (secondary N) is 1. The quantitative estimate of drug-likeness (QED) is 0.654. The minimum Gasteiger partial charge on any atom is -0.508 e. The Kier molecular flexibility index (Phi) is 6.67. The van der Waals surface area contributed by atoms with Gasteiger partial charge in [-0.05, 0) is 73.6 Å². The number of hydrogen-bond acceptors (Lipinski definition) is 4. The zero-order valence-electron chi connectivity index (χ0n) is 15.5. The molecular formula is C20H27NO4S. The average Bonchev–Trinajstić information content (AvgIpc) is 2.62. The molecule has 0 aliphatic heterocycles. The molecule has 6 heteroatoms. The van der Waals surface area contributed by atoms with Gasteiger partial charge in [-0.3, -0.25) is 4.72 Å². The maximum atomic E-state index is 12.7. The molecule has 3 N–H and O–H groups in total. The predicted molar refractivity (Wildman–Crippen MR) is 104 cm³/mol. The highest BCUT2D eigenvalue weighted by Crippen LogP contribution is 2.26. The van der Waals surface area contributed by atoms with Crippen LogP contribution in [0.25, 0.3) is 0 Å². The van der Waals surface area contributed by atoms with E-state index >= 15 is 0 Å². The van der Waals surface area contributed by atoms with Gasteiger partial charge in [-0.25, -0.2) is 8.42 Å². The lowest BCUT2D eigenvalue weighted by Crippen LogP contribution is -2.15. The second kappa shape index (κ2) is 8.56. The van der Waals surface area contributed by atoms with Crippen molar-refractivity contribution in [3.63, 3.8) is 0 Å². The number of aliphatic hydroxyl groups is 1. The van der Waals surface area contributed by atoms with Crippen molar-refractivity contribution < 1.29 is 18.6 Å². The highest BCUT2D eigenvalue weighted by Gasteiger charge is 2.17. The number of sulfonamides is 1. The van der Waals surface area contributed by atoms with Gasteiger partial charge in [0.2, 0.25) is 0 Å². The third kappa shape index (κ3) is 4.99. The van der Waals surface area contributed by atoms with Crippen molar-refractivity contribution in [2.45, 2.75) is 57.5 Å². The molecule has 2 aromatic carbocycles. The number of benzene rings is 2. The minimum atomic E-state index is -3.76. The number of rotatable bonds is 8. The van der Waals surface area contributed by atoms with Crippen molar-refractivity contribution >= 4 is 15.7 Å². The van der Waals surface area contributed by atoms with Crippen molar-refractivity contribution in [1.82, 2.24) is 0 Å². The van der Waals surface area contributed by atoms with Crippen LogP contribution in [0.4, 0.5) is 5.69 Å². The van der Waals surface area contributed by atoms with E-state index in [-0.39, 0.29) is 10.6 Å². The van der Waals surface area contributed by atoms with Crippen molar-refractivity contribution in [2.24, 2.45) is 0 Å². The molecule has 1 atom stereocenters. The molecule has 2 rings (SSSR count). The third-order valence-corrected chi connectivity index (χ3v) is 5.88. The molecule has 1 unspecified atom stereocenters. The van der Waals surface area contributed by atoms with Gasteiger partial charge in [0.1, 0.15) is 5.75 Å². The van der Waals surface area contributed by atoms with Gasteiger partial charge in [0.15, 0.2) is 0 Å². The number of aryl methyl sites for hydroxylation is 3. The fourth-order valence-electron chi connectivity index (χ4n) is 2.70. The van der Waals surface area contributed by atoms with Crippen molar-refractivity contribution in [1.29, 1.82) is 0 Å². The summed E-state index contributed by atoms with van der Waals surface area (Å²) < 4.78 is 28.1. The topological polar surface area (TPSA) is 86.6 Å². The van der Waals surface area contributed by atoms with E-state index in [1.165, 1.54) is 18.2 Å². The van der Waals surface area contributed by atoms with E-state index in [1.54, 1.807) is 13.0 Å². The maximum Gasteiger partial charge on any atom is 0.261 e. The summed E-state index contributed by atoms with van der Waals surface area (Å²) in [5.41, 5.74) is 3.02. The number of phenolic OH excluding ortho intramolecular Hbond substituents is 1. The van der Waals surface area contributed by atoms with Crippen LogP contribution < -0.4 is 4.72 Å². The molecule has 26 heavy (non-hydrogen) atoms. The van der Waals surface area contributed by atoms with Crippen LogP contribution in [0.1, 0.15) is 43.4 Å². The molecule has 0 bridgehead atoms. The summed E-state index contributed by atoms with van der Waals surface area (Å²) in [6, 6.07) is 9.87. The van der Waals surface area contributed by atoms with Crippen LogP contribution in [0.3, 0.4) is 0 Å². The number of aromatic hydroxyl groups is 1. The molecule has 0 heterocycles. The molecule has 0 aliphatic carbocycles. The van der Waals surface area contributed by atoms with Gasteiger partial charge in [0, 0.05) is 0 Å². The Morgan fingerprint density at radius 2 is 1.85 bits per heavy atom. The minimum absolute atomic E-state index is 0.0606. The molecule has 142 valence electrons. The van der Waals surface area contributed by atoms with E-state index in [1.807, 2.05) is 26.0 Å². The lowest BCUT2D eigenvalue weighted by molar-refractivity contribution is 0.161. The Balaban J connectivity index is 2.32. The lowest BCUT2D eigenvalue weighted by atomic mass is 10.0. The van der Waals surface area contributed by atoms with E-state index in [4.69, 9.17) is 0 Å². The Labute approximate surface area is 155 Å². The van der Waals surface area contributed by atoms with Crippen LogP contribution in [0.5, 0.6) is 5.75 Å². The molecule has 0 spiro atoms. The third-order valence-electron chi connectivity index (χ3n) is 4.52. The number of phenols is 1. The Bertz CT molecular complexity index is 862. The van der Waals surface area contributed by atoms with Crippen LogP contribution in [0, 0.1) is 6.92 Å². The molecular weight excluding hydrogens is 350 g/mol. The van der Waals surface area contributed by atoms with E-state index in [2.05, 4.69) is 4.72 Å². The molecule has 0 saturated heterocycles. The molecule has 0 saturated carbocycles. The van der Waals surface area contributed by atoms with Crippen LogP contribution in [0.15, 0.2) is 41.3 Å². The highest BCUT2D eigenvalue weighted by atomic mass is 32.2. The molecule has 0 aliphatic rings. The molecule has 0 amide bonds. The van der Waals surface area contributed by atoms with Gasteiger partial charge < -0.3 is 10.2 Å². The Hall–Kier alpha value is -2.05. The zero-order valence-corrected chi connectivity index (χ0v) is 16.3. The largest absolute Gasteiger partial charge is 0.508 e. The second-order valence-electron chi connectivity index (χ2n) is 6.50. The first kappa shape index (κ1) is 20.3. The summed E-state index contributed by atoms with van der Waals surface area (Å²) >= 11 is 0. The first-order valence-corrected chi connectivity index (χ1v) is 10.4. The summed E-state index contributed by atoms with van der Waals surface area (Å²) in [5.74, 6) is 0.0606. The molecule has 0 aromatic heterocycles. The summed E-state index contributed by atoms with van der Waals surface area (Å²) in [7, 11) is -3.76. The van der Waals surface area contributed by atoms with Gasteiger partial charge in [-0.1, -0.05) is 26.0 Å². The average molecular weight is 378 g/mol. The SMILES string of the molecule is CCc1ccc(NS(=O)(=O)c2ccc(O)c(C)c2)c(CCC(O)CC)c1. The van der Waals surface area contributed by atoms with Gasteiger partial charge in [-0.2, -0.15) is 0 Å². The fraction of sp³-hybridized carbons (Fsp3) is 0.400. The van der Waals surface area contributed by atoms with Crippen LogP contribution in [-0.4, -0.2) is 24.7 Å². The summed E-state index contributed by atoms with van der Waals surface area (Å²) in [6.07, 6.45) is 2.30. The number of aliphatic hydroxyl groups excluding tert-OH is 1. The Morgan fingerprint density at radius 3 is 2.46 bits per heavy atom. The summed E-state index contributed by atoms with van der Waals surface area (Å²) in [5, 5.41) is 19.4. The molecule has 5 nitrogen and oxygen atoms in total. The molecule has 0 radical (unpaired) electrons. The first-order valence-electron chi connectivity index (χ1n) is 8.89. The van der Waals surface area contributed by atoms with E-state index in [0.29, 0.717) is 30.5 Å². The van der Waals surface area contributed by atoms with Gasteiger partial charge in [0.25, 0.3) is 10.0 Å². The second-order valence-corrected chi connectivity index (χ2v) is 8.18. The van der Waals surface area contributed by atoms with E-state index in [0.717, 1.165) is 17.5 Å². The van der Waals surface area contributed by atoms with Gasteiger partial charge in [0.05, 0.1) is 16.7 Å². The standard InChI is InChI=1S/C20H27NO4S/c1-4-15-6-10-19(16(13-15)7-8-17(22)5-2)21-26(24,25)18-9-11-20(23)14(3)12-18/h6,9-13,17,21-23H,4-5,7-8H2,1-3H3. The van der Waals surface area contributed by atoms with Crippen molar-refractivity contribution in [2.75, 3.05) is 4.72 Å². The first-order chi connectivity index (χ1) is 12.3. The van der Waals surface area contributed by atoms with Crippen LogP contribution in [-0.2, 0) is 22.9 Å². The van der Waals surface area contributed by atoms with Crippen LogP contribution >= 0.6 is 0 Å². The number of hydrogen-bond donors (Lipinski definition) is 3. The monoisotopic (exact) mass is 377 g/mol. The van der Waals surface area contributed by atoms with Crippen molar-refractivity contribution in [3.8, 4) is 5.75 Å². The maximum absolute atomic E-state index is 12.7. The highest BCUT2D eigenvalue weighted by molar-refractivity contribution is 7.92. The van der Waals surface area contributed by atoms with Crippen LogP contribution in [0.2, 0.25) is 0 Å². The fourth-order valence-corrected chi connectivity index (χ4v) is 3.88. The smallest absolute Gasteiger partial charge is 0.261 e. The van der Waals surface area contributed by atoms with E-state index in [9.17, 15) is 18.6 Å². The van der Waals surface area contributed by atoms with Gasteiger partial charge >= 0.3 is 0 Å². The molecule has 0 fully saturated rings. The van der Waals surface area contributed by atoms with Gasteiger partial charge in [-0.15, -0.1) is 0 Å². The normalized spacial score (nSPS) is 12.8. The molecule has 2 aromatic rings. The van der Waals surface area contributed by atoms with E-state index < -0.39 is 16.1 Å². The Morgan fingerprint density at radius 1 is 1.12 bits per heavy atom. The summed E-state index contributed by atoms with van der Waals surface area (Å²) in [6.45, 7) is 5.62. The zero-order chi connectivity index (χ0) is 19.3. The number of anilines is 1.